The first-order valence-corrected chi connectivity index (χ1v) is 7.26. The summed E-state index contributed by atoms with van der Waals surface area (Å²) < 4.78 is 22.7. The number of rotatable bonds is 4. The van der Waals surface area contributed by atoms with Crippen LogP contribution in [0.25, 0.3) is 0 Å². The lowest BCUT2D eigenvalue weighted by Crippen LogP contribution is -2.39. The summed E-state index contributed by atoms with van der Waals surface area (Å²) in [4.78, 5) is 0. The second kappa shape index (κ2) is 4.97. The van der Waals surface area contributed by atoms with Gasteiger partial charge in [-0.15, -0.1) is 0 Å². The summed E-state index contributed by atoms with van der Waals surface area (Å²) >= 11 is 0. The molecule has 4 heteroatoms. The van der Waals surface area contributed by atoms with E-state index >= 15 is 0 Å². The summed E-state index contributed by atoms with van der Waals surface area (Å²) in [5.41, 5.74) is 8.16. The largest absolute Gasteiger partial charge is 0.326 e. The van der Waals surface area contributed by atoms with Crippen molar-refractivity contribution in [1.29, 1.82) is 0 Å². The van der Waals surface area contributed by atoms with E-state index in [-0.39, 0.29) is 6.04 Å². The van der Waals surface area contributed by atoms with Crippen LogP contribution in [0.4, 0.5) is 0 Å². The van der Waals surface area contributed by atoms with Crippen molar-refractivity contribution >= 4 is 9.84 Å². The Hall–Kier alpha value is -0.870. The highest BCUT2D eigenvalue weighted by Crippen LogP contribution is 2.10. The summed E-state index contributed by atoms with van der Waals surface area (Å²) in [5, 5.41) is -0.506. The molecular weight excluding hydrogens is 222 g/mol. The summed E-state index contributed by atoms with van der Waals surface area (Å²) in [5.74, 6) is 0. The zero-order valence-corrected chi connectivity index (χ0v) is 10.8. The summed E-state index contributed by atoms with van der Waals surface area (Å²) in [6.45, 7) is 3.68. The molecule has 0 aliphatic heterocycles. The molecule has 0 saturated carbocycles. The fraction of sp³-hybridized carbons (Fsp3) is 0.500. The number of hydrogen-bond donors (Lipinski definition) is 1. The van der Waals surface area contributed by atoms with E-state index < -0.39 is 15.1 Å². The van der Waals surface area contributed by atoms with Crippen molar-refractivity contribution in [3.63, 3.8) is 0 Å². The van der Waals surface area contributed by atoms with Gasteiger partial charge in [0.05, 0.1) is 5.25 Å². The summed E-state index contributed by atoms with van der Waals surface area (Å²) in [6.07, 6.45) is 1.82. The molecule has 0 saturated heterocycles. The van der Waals surface area contributed by atoms with E-state index in [2.05, 4.69) is 0 Å². The van der Waals surface area contributed by atoms with Crippen molar-refractivity contribution in [2.75, 3.05) is 6.26 Å². The molecule has 0 aliphatic carbocycles. The van der Waals surface area contributed by atoms with E-state index in [1.165, 1.54) is 11.8 Å². The lowest BCUT2D eigenvalue weighted by atomic mass is 10.0. The molecule has 1 rings (SSSR count). The molecule has 0 fully saturated rings. The number of hydrogen-bond acceptors (Lipinski definition) is 3. The molecule has 2 atom stereocenters. The lowest BCUT2D eigenvalue weighted by molar-refractivity contribution is 0.562. The quantitative estimate of drug-likeness (QED) is 0.864. The third-order valence-electron chi connectivity index (χ3n) is 2.87. The minimum absolute atomic E-state index is 0.349. The maximum absolute atomic E-state index is 11.3. The number of sulfone groups is 1. The Kier molecular flexibility index (Phi) is 4.10. The van der Waals surface area contributed by atoms with E-state index in [9.17, 15) is 8.42 Å². The van der Waals surface area contributed by atoms with Gasteiger partial charge in [0.25, 0.3) is 0 Å². The SMILES string of the molecule is Cc1ccc(CC(N)C(C)S(C)(=O)=O)cc1. The topological polar surface area (TPSA) is 60.2 Å². The number of benzene rings is 1. The van der Waals surface area contributed by atoms with Gasteiger partial charge in [-0.3, -0.25) is 0 Å². The predicted molar refractivity (Wildman–Crippen MR) is 67.2 cm³/mol. The van der Waals surface area contributed by atoms with Crippen molar-refractivity contribution in [2.45, 2.75) is 31.6 Å². The van der Waals surface area contributed by atoms with Crippen molar-refractivity contribution in [1.82, 2.24) is 0 Å². The van der Waals surface area contributed by atoms with Crippen molar-refractivity contribution in [2.24, 2.45) is 5.73 Å². The summed E-state index contributed by atoms with van der Waals surface area (Å²) in [7, 11) is -3.06. The molecule has 0 spiro atoms. The molecule has 1 aromatic rings. The Bertz CT molecular complexity index is 437. The number of nitrogens with two attached hydrogens (primary N) is 1. The Balaban J connectivity index is 2.71. The molecule has 0 radical (unpaired) electrons. The standard InChI is InChI=1S/C12H19NO2S/c1-9-4-6-11(7-5-9)8-12(13)10(2)16(3,14)15/h4-7,10,12H,8,13H2,1-3H3. The third-order valence-corrected chi connectivity index (χ3v) is 4.57. The van der Waals surface area contributed by atoms with Crippen LogP contribution in [-0.4, -0.2) is 26.0 Å². The Morgan fingerprint density at radius 1 is 1.25 bits per heavy atom. The van der Waals surface area contributed by atoms with Crippen LogP contribution in [0.5, 0.6) is 0 Å². The van der Waals surface area contributed by atoms with Gasteiger partial charge in [-0.1, -0.05) is 29.8 Å². The molecule has 1 aromatic carbocycles. The van der Waals surface area contributed by atoms with Crippen LogP contribution in [0.1, 0.15) is 18.1 Å². The van der Waals surface area contributed by atoms with Gasteiger partial charge in [0.1, 0.15) is 0 Å². The van der Waals surface area contributed by atoms with Gasteiger partial charge in [0.2, 0.25) is 0 Å². The molecule has 90 valence electrons. The van der Waals surface area contributed by atoms with Gasteiger partial charge in [0, 0.05) is 12.3 Å². The molecule has 2 N–H and O–H groups in total. The second-order valence-corrected chi connectivity index (χ2v) is 6.79. The van der Waals surface area contributed by atoms with Gasteiger partial charge in [-0.05, 0) is 25.8 Å². The molecule has 0 amide bonds. The van der Waals surface area contributed by atoms with Gasteiger partial charge >= 0.3 is 0 Å². The predicted octanol–water partition coefficient (Wildman–Crippen LogP) is 1.30. The molecule has 0 heterocycles. The van der Waals surface area contributed by atoms with Crippen molar-refractivity contribution in [3.8, 4) is 0 Å². The fourth-order valence-corrected chi connectivity index (χ4v) is 2.21. The average Bonchev–Trinajstić information content (AvgIpc) is 2.19. The van der Waals surface area contributed by atoms with E-state index in [0.29, 0.717) is 6.42 Å². The highest BCUT2D eigenvalue weighted by atomic mass is 32.2. The van der Waals surface area contributed by atoms with Gasteiger partial charge in [0.15, 0.2) is 9.84 Å². The molecule has 16 heavy (non-hydrogen) atoms. The monoisotopic (exact) mass is 241 g/mol. The van der Waals surface area contributed by atoms with Gasteiger partial charge in [-0.25, -0.2) is 8.42 Å². The van der Waals surface area contributed by atoms with Crippen molar-refractivity contribution in [3.05, 3.63) is 35.4 Å². The lowest BCUT2D eigenvalue weighted by Gasteiger charge is -2.18. The molecule has 2 unspecified atom stereocenters. The first kappa shape index (κ1) is 13.2. The molecule has 0 bridgehead atoms. The van der Waals surface area contributed by atoms with Crippen LogP contribution < -0.4 is 5.73 Å². The van der Waals surface area contributed by atoms with Crippen LogP contribution in [0, 0.1) is 6.92 Å². The number of aryl methyl sites for hydroxylation is 1. The molecule has 3 nitrogen and oxygen atoms in total. The fourth-order valence-electron chi connectivity index (χ4n) is 1.48. The maximum atomic E-state index is 11.3. The minimum atomic E-state index is -3.06. The van der Waals surface area contributed by atoms with Crippen LogP contribution in [0.3, 0.4) is 0 Å². The zero-order valence-electron chi connectivity index (χ0n) is 9.97. The first-order chi connectivity index (χ1) is 7.30. The van der Waals surface area contributed by atoms with Crippen LogP contribution in [-0.2, 0) is 16.3 Å². The Morgan fingerprint density at radius 3 is 2.19 bits per heavy atom. The highest BCUT2D eigenvalue weighted by molar-refractivity contribution is 7.91. The first-order valence-electron chi connectivity index (χ1n) is 5.30. The van der Waals surface area contributed by atoms with Crippen molar-refractivity contribution < 1.29 is 8.42 Å². The third kappa shape index (κ3) is 3.61. The molecule has 0 aliphatic rings. The van der Waals surface area contributed by atoms with E-state index in [4.69, 9.17) is 5.73 Å². The second-order valence-electron chi connectivity index (χ2n) is 4.39. The zero-order chi connectivity index (χ0) is 12.3. The normalized spacial score (nSPS) is 15.8. The van der Waals surface area contributed by atoms with Gasteiger partial charge < -0.3 is 5.73 Å². The summed E-state index contributed by atoms with van der Waals surface area (Å²) in [6, 6.07) is 7.65. The average molecular weight is 241 g/mol. The van der Waals surface area contributed by atoms with E-state index in [0.717, 1.165) is 5.56 Å². The van der Waals surface area contributed by atoms with Crippen LogP contribution in [0.15, 0.2) is 24.3 Å². The Labute approximate surface area is 97.6 Å². The minimum Gasteiger partial charge on any atom is -0.326 e. The smallest absolute Gasteiger partial charge is 0.151 e. The van der Waals surface area contributed by atoms with Crippen LogP contribution >= 0.6 is 0 Å². The van der Waals surface area contributed by atoms with E-state index in [1.54, 1.807) is 6.92 Å². The highest BCUT2D eigenvalue weighted by Gasteiger charge is 2.22. The van der Waals surface area contributed by atoms with Gasteiger partial charge in [-0.2, -0.15) is 0 Å². The maximum Gasteiger partial charge on any atom is 0.151 e. The molecule has 0 aromatic heterocycles. The van der Waals surface area contributed by atoms with E-state index in [1.807, 2.05) is 31.2 Å². The van der Waals surface area contributed by atoms with Crippen LogP contribution in [0.2, 0.25) is 0 Å². The molecular formula is C12H19NO2S. The Morgan fingerprint density at radius 2 is 1.75 bits per heavy atom.